The normalized spacial score (nSPS) is 15.4. The molecule has 0 unspecified atom stereocenters. The molecule has 23 heavy (non-hydrogen) atoms. The van der Waals surface area contributed by atoms with Crippen molar-refractivity contribution in [1.82, 2.24) is 5.32 Å². The van der Waals surface area contributed by atoms with Crippen LogP contribution in [0.2, 0.25) is 0 Å². The predicted octanol–water partition coefficient (Wildman–Crippen LogP) is 1.90. The highest BCUT2D eigenvalue weighted by Crippen LogP contribution is 2.26. The Hall–Kier alpha value is -1.95. The Kier molecular flexibility index (Phi) is 5.71. The molecule has 0 heterocycles. The first-order chi connectivity index (χ1) is 10.9. The van der Waals surface area contributed by atoms with Gasteiger partial charge in [-0.25, -0.2) is 4.39 Å². The molecule has 2 N–H and O–H groups in total. The molecule has 2 rings (SSSR count). The van der Waals surface area contributed by atoms with Gasteiger partial charge in [-0.05, 0) is 49.9 Å². The molecule has 0 spiro atoms. The first-order valence-corrected chi connectivity index (χ1v) is 8.01. The first kappa shape index (κ1) is 17.4. The summed E-state index contributed by atoms with van der Waals surface area (Å²) in [6.07, 6.45) is 4.78. The van der Waals surface area contributed by atoms with E-state index in [0.717, 1.165) is 12.8 Å². The first-order valence-electron chi connectivity index (χ1n) is 8.01. The fraction of sp³-hybridized carbons (Fsp3) is 0.529. The summed E-state index contributed by atoms with van der Waals surface area (Å²) < 4.78 is 13.5. The summed E-state index contributed by atoms with van der Waals surface area (Å²) in [4.78, 5) is 23.9. The van der Waals surface area contributed by atoms with Crippen molar-refractivity contribution < 1.29 is 18.5 Å². The minimum absolute atomic E-state index is 0.0825. The Morgan fingerprint density at radius 1 is 1.13 bits per heavy atom. The van der Waals surface area contributed by atoms with E-state index < -0.39 is 0 Å². The maximum Gasteiger partial charge on any atom is 0.275 e. The van der Waals surface area contributed by atoms with Crippen molar-refractivity contribution in [3.63, 3.8) is 0 Å². The smallest absolute Gasteiger partial charge is 0.275 e. The lowest BCUT2D eigenvalue weighted by atomic mass is 10.2. The van der Waals surface area contributed by atoms with E-state index in [1.165, 1.54) is 37.1 Å². The van der Waals surface area contributed by atoms with E-state index in [-0.39, 0.29) is 24.2 Å². The monoisotopic (exact) mass is 322 g/mol. The molecular formula is C17H25FN3O2+. The highest BCUT2D eigenvalue weighted by molar-refractivity contribution is 5.94. The number of likely N-dealkylation sites (N-methyl/N-ethyl adjacent to an activating group) is 1. The number of quaternary nitrogens is 1. The van der Waals surface area contributed by atoms with Gasteiger partial charge in [0.05, 0.1) is 26.7 Å². The molecule has 126 valence electrons. The Bertz CT molecular complexity index is 551. The van der Waals surface area contributed by atoms with Gasteiger partial charge in [0, 0.05) is 5.69 Å². The number of halogens is 1. The lowest BCUT2D eigenvalue weighted by Crippen LogP contribution is -2.53. The third-order valence-corrected chi connectivity index (χ3v) is 4.44. The van der Waals surface area contributed by atoms with Crippen LogP contribution in [0.15, 0.2) is 24.3 Å². The topological polar surface area (TPSA) is 58.2 Å². The molecule has 0 aromatic heterocycles. The van der Waals surface area contributed by atoms with Gasteiger partial charge in [-0.1, -0.05) is 0 Å². The minimum Gasteiger partial charge on any atom is -0.342 e. The third-order valence-electron chi connectivity index (χ3n) is 4.44. The number of benzene rings is 1. The zero-order valence-corrected chi connectivity index (χ0v) is 13.8. The maximum atomic E-state index is 12.8. The van der Waals surface area contributed by atoms with E-state index in [2.05, 4.69) is 24.7 Å². The van der Waals surface area contributed by atoms with Crippen LogP contribution in [0.1, 0.15) is 25.7 Å². The lowest BCUT2D eigenvalue weighted by molar-refractivity contribution is -0.906. The van der Waals surface area contributed by atoms with Crippen molar-refractivity contribution in [3.8, 4) is 0 Å². The van der Waals surface area contributed by atoms with E-state index in [1.54, 1.807) is 0 Å². The number of hydrogen-bond acceptors (Lipinski definition) is 2. The van der Waals surface area contributed by atoms with Crippen LogP contribution in [0.5, 0.6) is 0 Å². The number of nitrogens with one attached hydrogen (secondary N) is 2. The summed E-state index contributed by atoms with van der Waals surface area (Å²) in [6, 6.07) is 6.03. The zero-order chi connectivity index (χ0) is 16.9. The molecule has 6 heteroatoms. The van der Waals surface area contributed by atoms with Crippen molar-refractivity contribution in [3.05, 3.63) is 30.1 Å². The number of carbonyl (C=O) groups is 2. The molecule has 0 saturated heterocycles. The van der Waals surface area contributed by atoms with Gasteiger partial charge in [-0.3, -0.25) is 9.59 Å². The largest absolute Gasteiger partial charge is 0.342 e. The molecule has 0 bridgehead atoms. The summed E-state index contributed by atoms with van der Waals surface area (Å²) in [5, 5.41) is 5.27. The second-order valence-electron chi connectivity index (χ2n) is 6.71. The van der Waals surface area contributed by atoms with Crippen LogP contribution in [0.25, 0.3) is 0 Å². The summed E-state index contributed by atoms with van der Waals surface area (Å²) in [5.41, 5.74) is 0.507. The average Bonchev–Trinajstić information content (AvgIpc) is 3.02. The van der Waals surface area contributed by atoms with Gasteiger partial charge in [0.1, 0.15) is 5.82 Å². The molecule has 1 aliphatic carbocycles. The lowest BCUT2D eigenvalue weighted by Gasteiger charge is -2.35. The maximum absolute atomic E-state index is 12.8. The Balaban J connectivity index is 1.75. The molecule has 0 aliphatic heterocycles. The van der Waals surface area contributed by atoms with Crippen molar-refractivity contribution in [2.75, 3.05) is 32.5 Å². The van der Waals surface area contributed by atoms with Gasteiger partial charge in [-0.15, -0.1) is 0 Å². The SMILES string of the molecule is C[N+](C)(CC(=O)NCC(=O)Nc1ccc(F)cc1)C1CCCC1. The van der Waals surface area contributed by atoms with Crippen LogP contribution in [-0.4, -0.2) is 49.5 Å². The number of hydrogen-bond donors (Lipinski definition) is 2. The molecule has 5 nitrogen and oxygen atoms in total. The Labute approximate surface area is 136 Å². The summed E-state index contributed by atoms with van der Waals surface area (Å²) in [7, 11) is 4.13. The quantitative estimate of drug-likeness (QED) is 0.786. The Morgan fingerprint density at radius 2 is 1.74 bits per heavy atom. The van der Waals surface area contributed by atoms with Crippen molar-refractivity contribution >= 4 is 17.5 Å². The molecule has 2 amide bonds. The molecule has 1 aliphatic rings. The van der Waals surface area contributed by atoms with Gasteiger partial charge >= 0.3 is 0 Å². The molecular weight excluding hydrogens is 297 g/mol. The zero-order valence-electron chi connectivity index (χ0n) is 13.8. The predicted molar refractivity (Wildman–Crippen MR) is 87.3 cm³/mol. The van der Waals surface area contributed by atoms with Crippen LogP contribution >= 0.6 is 0 Å². The van der Waals surface area contributed by atoms with Crippen molar-refractivity contribution in [1.29, 1.82) is 0 Å². The van der Waals surface area contributed by atoms with Gasteiger partial charge in [0.25, 0.3) is 5.91 Å². The average molecular weight is 322 g/mol. The molecule has 0 radical (unpaired) electrons. The highest BCUT2D eigenvalue weighted by Gasteiger charge is 2.32. The highest BCUT2D eigenvalue weighted by atomic mass is 19.1. The molecule has 1 saturated carbocycles. The van der Waals surface area contributed by atoms with Crippen LogP contribution < -0.4 is 10.6 Å². The fourth-order valence-electron chi connectivity index (χ4n) is 3.08. The minimum atomic E-state index is -0.358. The van der Waals surface area contributed by atoms with Crippen LogP contribution in [-0.2, 0) is 9.59 Å². The van der Waals surface area contributed by atoms with Gasteiger partial charge < -0.3 is 15.1 Å². The number of nitrogens with zero attached hydrogens (tertiary/aromatic N) is 1. The molecule has 1 aromatic carbocycles. The van der Waals surface area contributed by atoms with E-state index in [0.29, 0.717) is 22.8 Å². The standard InChI is InChI=1S/C17H24FN3O2/c1-21(2,15-5-3-4-6-15)12-17(23)19-11-16(22)20-14-9-7-13(18)8-10-14/h7-10,15H,3-6,11-12H2,1-2H3,(H-,19,20,22,23)/p+1. The van der Waals surface area contributed by atoms with Gasteiger partial charge in [0.2, 0.25) is 5.91 Å². The number of amides is 2. The fourth-order valence-corrected chi connectivity index (χ4v) is 3.08. The Morgan fingerprint density at radius 3 is 2.35 bits per heavy atom. The summed E-state index contributed by atoms with van der Waals surface area (Å²) in [5.74, 6) is -0.810. The number of carbonyl (C=O) groups excluding carboxylic acids is 2. The summed E-state index contributed by atoms with van der Waals surface area (Å²) >= 11 is 0. The van der Waals surface area contributed by atoms with E-state index >= 15 is 0 Å². The molecule has 1 fully saturated rings. The van der Waals surface area contributed by atoms with Crippen molar-refractivity contribution in [2.45, 2.75) is 31.7 Å². The van der Waals surface area contributed by atoms with E-state index in [4.69, 9.17) is 0 Å². The van der Waals surface area contributed by atoms with Crippen molar-refractivity contribution in [2.24, 2.45) is 0 Å². The van der Waals surface area contributed by atoms with Gasteiger partial charge in [-0.2, -0.15) is 0 Å². The molecule has 0 atom stereocenters. The van der Waals surface area contributed by atoms with E-state index in [1.807, 2.05) is 0 Å². The van der Waals surface area contributed by atoms with Crippen LogP contribution in [0, 0.1) is 5.82 Å². The number of rotatable bonds is 6. The van der Waals surface area contributed by atoms with Crippen LogP contribution in [0.3, 0.4) is 0 Å². The van der Waals surface area contributed by atoms with Gasteiger partial charge in [0.15, 0.2) is 6.54 Å². The number of anilines is 1. The summed E-state index contributed by atoms with van der Waals surface area (Å²) in [6.45, 7) is 0.287. The van der Waals surface area contributed by atoms with E-state index in [9.17, 15) is 14.0 Å². The second kappa shape index (κ2) is 7.55. The second-order valence-corrected chi connectivity index (χ2v) is 6.71. The molecule has 1 aromatic rings. The van der Waals surface area contributed by atoms with Crippen LogP contribution in [0.4, 0.5) is 10.1 Å². The third kappa shape index (κ3) is 5.32.